The first-order valence-electron chi connectivity index (χ1n) is 6.26. The van der Waals surface area contributed by atoms with Gasteiger partial charge in [-0.3, -0.25) is 0 Å². The minimum atomic E-state index is -4.49. The van der Waals surface area contributed by atoms with Gasteiger partial charge in [-0.15, -0.1) is 0 Å². The number of alkyl halides is 3. The SMILES string of the molecule is CC1CCSCCN1c1nc(C(F)(F)F)ccc1C#N. The van der Waals surface area contributed by atoms with E-state index >= 15 is 0 Å². The van der Waals surface area contributed by atoms with Crippen molar-refractivity contribution in [3.8, 4) is 6.07 Å². The highest BCUT2D eigenvalue weighted by molar-refractivity contribution is 7.99. The number of thioether (sulfide) groups is 1. The molecule has 1 aliphatic heterocycles. The van der Waals surface area contributed by atoms with E-state index in [4.69, 9.17) is 5.26 Å². The third-order valence-corrected chi connectivity index (χ3v) is 4.24. The number of halogens is 3. The molecule has 1 atom stereocenters. The zero-order valence-electron chi connectivity index (χ0n) is 10.9. The van der Waals surface area contributed by atoms with Crippen molar-refractivity contribution in [3.05, 3.63) is 23.4 Å². The van der Waals surface area contributed by atoms with Gasteiger partial charge in [0.1, 0.15) is 17.6 Å². The Bertz CT molecular complexity index is 525. The van der Waals surface area contributed by atoms with Gasteiger partial charge in [-0.2, -0.15) is 30.2 Å². The van der Waals surface area contributed by atoms with Crippen molar-refractivity contribution in [2.45, 2.75) is 25.6 Å². The first-order chi connectivity index (χ1) is 9.43. The Hall–Kier alpha value is -1.42. The molecule has 2 rings (SSSR count). The average Bonchev–Trinajstić information content (AvgIpc) is 2.61. The van der Waals surface area contributed by atoms with Crippen LogP contribution < -0.4 is 4.90 Å². The second-order valence-electron chi connectivity index (χ2n) is 4.62. The van der Waals surface area contributed by atoms with Crippen LogP contribution in [0.25, 0.3) is 0 Å². The third-order valence-electron chi connectivity index (χ3n) is 3.25. The molecule has 0 saturated carbocycles. The Morgan fingerprint density at radius 1 is 1.40 bits per heavy atom. The van der Waals surface area contributed by atoms with Crippen molar-refractivity contribution < 1.29 is 13.2 Å². The number of hydrogen-bond acceptors (Lipinski definition) is 4. The number of pyridine rings is 1. The van der Waals surface area contributed by atoms with Crippen LogP contribution in [-0.2, 0) is 6.18 Å². The van der Waals surface area contributed by atoms with Crippen LogP contribution in [0.1, 0.15) is 24.6 Å². The zero-order chi connectivity index (χ0) is 14.8. The molecule has 1 aliphatic rings. The molecule has 1 aromatic heterocycles. The Morgan fingerprint density at radius 3 is 2.80 bits per heavy atom. The molecular formula is C13H14F3N3S. The van der Waals surface area contributed by atoms with Gasteiger partial charge in [0, 0.05) is 18.3 Å². The van der Waals surface area contributed by atoms with E-state index < -0.39 is 11.9 Å². The first kappa shape index (κ1) is 15.0. The molecule has 108 valence electrons. The number of anilines is 1. The number of nitrogens with zero attached hydrogens (tertiary/aromatic N) is 3. The Labute approximate surface area is 119 Å². The van der Waals surface area contributed by atoms with Crippen molar-refractivity contribution in [2.75, 3.05) is 23.0 Å². The lowest BCUT2D eigenvalue weighted by molar-refractivity contribution is -0.141. The van der Waals surface area contributed by atoms with Gasteiger partial charge < -0.3 is 4.90 Å². The molecule has 0 aliphatic carbocycles. The molecule has 0 spiro atoms. The highest BCUT2D eigenvalue weighted by Gasteiger charge is 2.34. The third kappa shape index (κ3) is 3.18. The molecule has 0 bridgehead atoms. The molecule has 1 aromatic rings. The average molecular weight is 301 g/mol. The second kappa shape index (κ2) is 5.92. The lowest BCUT2D eigenvalue weighted by atomic mass is 10.1. The number of aromatic nitrogens is 1. The predicted octanol–water partition coefficient (Wildman–Crippen LogP) is 3.30. The molecule has 1 fully saturated rings. The topological polar surface area (TPSA) is 39.9 Å². The highest BCUT2D eigenvalue weighted by atomic mass is 32.2. The fraction of sp³-hybridized carbons (Fsp3) is 0.538. The second-order valence-corrected chi connectivity index (χ2v) is 5.85. The van der Waals surface area contributed by atoms with Gasteiger partial charge in [0.05, 0.1) is 5.56 Å². The van der Waals surface area contributed by atoms with Crippen LogP contribution in [-0.4, -0.2) is 29.1 Å². The molecule has 20 heavy (non-hydrogen) atoms. The van der Waals surface area contributed by atoms with Crippen LogP contribution in [0, 0.1) is 11.3 Å². The van der Waals surface area contributed by atoms with Gasteiger partial charge in [0.2, 0.25) is 0 Å². The fourth-order valence-corrected chi connectivity index (χ4v) is 3.16. The van der Waals surface area contributed by atoms with Crippen LogP contribution in [0.4, 0.5) is 19.0 Å². The molecule has 7 heteroatoms. The maximum Gasteiger partial charge on any atom is 0.433 e. The maximum atomic E-state index is 12.8. The zero-order valence-corrected chi connectivity index (χ0v) is 11.8. The van der Waals surface area contributed by atoms with Crippen molar-refractivity contribution in [1.29, 1.82) is 5.26 Å². The van der Waals surface area contributed by atoms with Gasteiger partial charge in [0.25, 0.3) is 0 Å². The van der Waals surface area contributed by atoms with Gasteiger partial charge in [-0.25, -0.2) is 4.98 Å². The van der Waals surface area contributed by atoms with Gasteiger partial charge in [-0.05, 0) is 31.2 Å². The molecule has 0 radical (unpaired) electrons. The minimum Gasteiger partial charge on any atom is -0.352 e. The summed E-state index contributed by atoms with van der Waals surface area (Å²) in [5, 5.41) is 9.10. The summed E-state index contributed by atoms with van der Waals surface area (Å²) in [7, 11) is 0. The van der Waals surface area contributed by atoms with Gasteiger partial charge in [0.15, 0.2) is 0 Å². The summed E-state index contributed by atoms with van der Waals surface area (Å²) in [6.45, 7) is 2.56. The predicted molar refractivity (Wildman–Crippen MR) is 72.7 cm³/mol. The molecule has 0 amide bonds. The van der Waals surface area contributed by atoms with Crippen molar-refractivity contribution in [3.63, 3.8) is 0 Å². The summed E-state index contributed by atoms with van der Waals surface area (Å²) in [5.74, 6) is 1.95. The van der Waals surface area contributed by atoms with Crippen LogP contribution in [0.3, 0.4) is 0 Å². The molecule has 1 unspecified atom stereocenters. The summed E-state index contributed by atoms with van der Waals surface area (Å²) in [6, 6.07) is 4.08. The lowest BCUT2D eigenvalue weighted by Gasteiger charge is -2.29. The van der Waals surface area contributed by atoms with Crippen molar-refractivity contribution in [2.24, 2.45) is 0 Å². The molecule has 0 aromatic carbocycles. The van der Waals surface area contributed by atoms with Crippen LogP contribution in [0.5, 0.6) is 0 Å². The van der Waals surface area contributed by atoms with E-state index in [0.717, 1.165) is 24.0 Å². The van der Waals surface area contributed by atoms with Gasteiger partial charge >= 0.3 is 6.18 Å². The molecular weight excluding hydrogens is 287 g/mol. The number of nitriles is 1. The van der Waals surface area contributed by atoms with E-state index in [9.17, 15) is 13.2 Å². The summed E-state index contributed by atoms with van der Waals surface area (Å²) in [5.41, 5.74) is -0.757. The summed E-state index contributed by atoms with van der Waals surface area (Å²) < 4.78 is 38.3. The molecule has 2 heterocycles. The van der Waals surface area contributed by atoms with E-state index in [1.165, 1.54) is 6.07 Å². The van der Waals surface area contributed by atoms with E-state index in [2.05, 4.69) is 4.98 Å². The monoisotopic (exact) mass is 301 g/mol. The van der Waals surface area contributed by atoms with E-state index in [1.807, 2.05) is 17.9 Å². The van der Waals surface area contributed by atoms with Crippen molar-refractivity contribution >= 4 is 17.6 Å². The Morgan fingerprint density at radius 2 is 2.15 bits per heavy atom. The normalized spacial score (nSPS) is 20.4. The first-order valence-corrected chi connectivity index (χ1v) is 7.41. The summed E-state index contributed by atoms with van der Waals surface area (Å²) in [6.07, 6.45) is -3.62. The van der Waals surface area contributed by atoms with E-state index in [-0.39, 0.29) is 17.4 Å². The lowest BCUT2D eigenvalue weighted by Crippen LogP contribution is -2.35. The molecule has 0 N–H and O–H groups in total. The standard InChI is InChI=1S/C13H14F3N3S/c1-9-4-6-20-7-5-19(9)12-10(8-17)2-3-11(18-12)13(14,15)16/h2-3,9H,4-7H2,1H3. The fourth-order valence-electron chi connectivity index (χ4n) is 2.12. The smallest absolute Gasteiger partial charge is 0.352 e. The number of rotatable bonds is 1. The van der Waals surface area contributed by atoms with Crippen LogP contribution >= 0.6 is 11.8 Å². The highest BCUT2D eigenvalue weighted by Crippen LogP contribution is 2.32. The summed E-state index contributed by atoms with van der Waals surface area (Å²) >= 11 is 1.77. The molecule has 1 saturated heterocycles. The van der Waals surface area contributed by atoms with Crippen molar-refractivity contribution in [1.82, 2.24) is 4.98 Å². The van der Waals surface area contributed by atoms with E-state index in [0.29, 0.717) is 6.54 Å². The molecule has 3 nitrogen and oxygen atoms in total. The van der Waals surface area contributed by atoms with Gasteiger partial charge in [-0.1, -0.05) is 0 Å². The Kier molecular flexibility index (Phi) is 4.43. The Balaban J connectivity index is 2.44. The number of hydrogen-bond donors (Lipinski definition) is 0. The minimum absolute atomic E-state index is 0.0769. The summed E-state index contributed by atoms with van der Waals surface area (Å²) in [4.78, 5) is 5.51. The van der Waals surface area contributed by atoms with E-state index in [1.54, 1.807) is 11.8 Å². The quantitative estimate of drug-likeness (QED) is 0.798. The maximum absolute atomic E-state index is 12.8. The van der Waals surface area contributed by atoms with Crippen LogP contribution in [0.15, 0.2) is 12.1 Å². The largest absolute Gasteiger partial charge is 0.433 e. The van der Waals surface area contributed by atoms with Crippen LogP contribution in [0.2, 0.25) is 0 Å².